The fourth-order valence-electron chi connectivity index (χ4n) is 4.84. The molecule has 2 aromatic rings. The highest BCUT2D eigenvalue weighted by Crippen LogP contribution is 2.24. The van der Waals surface area contributed by atoms with Crippen molar-refractivity contribution in [1.29, 1.82) is 0 Å². The molecule has 34 heavy (non-hydrogen) atoms. The Kier molecular flexibility index (Phi) is 9.14. The van der Waals surface area contributed by atoms with Crippen molar-refractivity contribution >= 4 is 11.8 Å². The van der Waals surface area contributed by atoms with Crippen molar-refractivity contribution in [1.82, 2.24) is 10.2 Å². The molecule has 0 bridgehead atoms. The number of ether oxygens (including phenoxy) is 1. The summed E-state index contributed by atoms with van der Waals surface area (Å²) in [5, 5.41) is 3.23. The Morgan fingerprint density at radius 2 is 1.76 bits per heavy atom. The second kappa shape index (κ2) is 12.0. The fraction of sp³-hybridized carbons (Fsp3) is 0.517. The first-order chi connectivity index (χ1) is 16.3. The summed E-state index contributed by atoms with van der Waals surface area (Å²) in [6.07, 6.45) is 6.12. The van der Waals surface area contributed by atoms with Crippen molar-refractivity contribution in [3.63, 3.8) is 0 Å². The number of benzene rings is 2. The van der Waals surface area contributed by atoms with Gasteiger partial charge in [-0.3, -0.25) is 9.59 Å². The maximum absolute atomic E-state index is 13.5. The molecule has 5 nitrogen and oxygen atoms in total. The lowest BCUT2D eigenvalue weighted by molar-refractivity contribution is -0.143. The van der Waals surface area contributed by atoms with Gasteiger partial charge in [-0.15, -0.1) is 0 Å². The highest BCUT2D eigenvalue weighted by Gasteiger charge is 2.30. The van der Waals surface area contributed by atoms with E-state index in [1.165, 1.54) is 6.42 Å². The molecule has 1 aliphatic carbocycles. The van der Waals surface area contributed by atoms with Gasteiger partial charge in [-0.1, -0.05) is 62.1 Å². The highest BCUT2D eigenvalue weighted by atomic mass is 16.5. The van der Waals surface area contributed by atoms with E-state index in [2.05, 4.69) is 17.4 Å². The van der Waals surface area contributed by atoms with Crippen LogP contribution in [0.3, 0.4) is 0 Å². The summed E-state index contributed by atoms with van der Waals surface area (Å²) in [4.78, 5) is 28.5. The quantitative estimate of drug-likeness (QED) is 0.529. The first kappa shape index (κ1) is 25.8. The number of amides is 2. The molecule has 0 heterocycles. The van der Waals surface area contributed by atoms with Crippen LogP contribution in [0.15, 0.2) is 36.4 Å². The Morgan fingerprint density at radius 1 is 1.03 bits per heavy atom. The molecule has 1 N–H and O–H groups in total. The minimum absolute atomic E-state index is 0.0574. The molecule has 2 aromatic carbocycles. The van der Waals surface area contributed by atoms with Crippen LogP contribution in [-0.4, -0.2) is 35.4 Å². The van der Waals surface area contributed by atoms with Gasteiger partial charge < -0.3 is 15.0 Å². The number of nitrogens with zero attached hydrogens (tertiary/aromatic N) is 1. The standard InChI is InChI=1S/C29H40N2O3/c1-6-26(29(33)30-25-13-8-7-9-14-25)31(18-24-12-10-11-20(2)16-24)28(32)19-34-27-17-21(3)15-22(4)23(27)5/h10-12,15-17,25-26H,6-9,13-14,18-19H2,1-5H3,(H,30,33). The first-order valence-electron chi connectivity index (χ1n) is 12.6. The minimum Gasteiger partial charge on any atom is -0.483 e. The van der Waals surface area contributed by atoms with Crippen molar-refractivity contribution in [2.75, 3.05) is 6.61 Å². The van der Waals surface area contributed by atoms with Crippen LogP contribution in [0.4, 0.5) is 0 Å². The number of hydrogen-bond donors (Lipinski definition) is 1. The molecule has 3 rings (SSSR count). The second-order valence-corrected chi connectivity index (χ2v) is 9.77. The van der Waals surface area contributed by atoms with Crippen LogP contribution in [0.5, 0.6) is 5.75 Å². The van der Waals surface area contributed by atoms with E-state index in [4.69, 9.17) is 4.74 Å². The fourth-order valence-corrected chi connectivity index (χ4v) is 4.84. The molecule has 5 heteroatoms. The summed E-state index contributed by atoms with van der Waals surface area (Å²) in [5.74, 6) is 0.491. The molecule has 0 saturated heterocycles. The number of nitrogens with one attached hydrogen (secondary N) is 1. The van der Waals surface area contributed by atoms with E-state index < -0.39 is 6.04 Å². The summed E-state index contributed by atoms with van der Waals surface area (Å²) in [6.45, 7) is 10.4. The zero-order valence-corrected chi connectivity index (χ0v) is 21.4. The predicted molar refractivity (Wildman–Crippen MR) is 137 cm³/mol. The molecule has 0 aromatic heterocycles. The minimum atomic E-state index is -0.529. The molecule has 1 atom stereocenters. The first-order valence-corrected chi connectivity index (χ1v) is 12.6. The molecule has 1 saturated carbocycles. The Labute approximate surface area is 204 Å². The predicted octanol–water partition coefficient (Wildman–Crippen LogP) is 5.56. The van der Waals surface area contributed by atoms with Gasteiger partial charge in [0.2, 0.25) is 5.91 Å². The maximum atomic E-state index is 13.5. The molecular weight excluding hydrogens is 424 g/mol. The van der Waals surface area contributed by atoms with Crippen molar-refractivity contribution < 1.29 is 14.3 Å². The lowest BCUT2D eigenvalue weighted by atomic mass is 9.95. The summed E-state index contributed by atoms with van der Waals surface area (Å²) in [6, 6.07) is 11.9. The number of carbonyl (C=O) groups excluding carboxylic acids is 2. The van der Waals surface area contributed by atoms with E-state index in [0.29, 0.717) is 13.0 Å². The lowest BCUT2D eigenvalue weighted by Crippen LogP contribution is -2.52. The Morgan fingerprint density at radius 3 is 2.44 bits per heavy atom. The Balaban J connectivity index is 1.79. The van der Waals surface area contributed by atoms with E-state index in [-0.39, 0.29) is 24.5 Å². The molecule has 1 aliphatic rings. The summed E-state index contributed by atoms with van der Waals surface area (Å²) >= 11 is 0. The van der Waals surface area contributed by atoms with Crippen LogP contribution in [0.25, 0.3) is 0 Å². The molecule has 184 valence electrons. The van der Waals surface area contributed by atoms with E-state index in [9.17, 15) is 9.59 Å². The third-order valence-corrected chi connectivity index (χ3v) is 6.89. The molecule has 2 amide bonds. The van der Waals surface area contributed by atoms with Gasteiger partial charge in [-0.2, -0.15) is 0 Å². The van der Waals surface area contributed by atoms with E-state index in [1.807, 2.05) is 58.9 Å². The average molecular weight is 465 g/mol. The van der Waals surface area contributed by atoms with E-state index in [1.54, 1.807) is 4.90 Å². The molecule has 1 unspecified atom stereocenters. The summed E-state index contributed by atoms with van der Waals surface area (Å²) in [7, 11) is 0. The van der Waals surface area contributed by atoms with Crippen LogP contribution in [-0.2, 0) is 16.1 Å². The van der Waals surface area contributed by atoms with Crippen LogP contribution < -0.4 is 10.1 Å². The third-order valence-electron chi connectivity index (χ3n) is 6.89. The normalized spacial score (nSPS) is 15.0. The van der Waals surface area contributed by atoms with Gasteiger partial charge in [0.25, 0.3) is 5.91 Å². The van der Waals surface area contributed by atoms with Gasteiger partial charge >= 0.3 is 0 Å². The second-order valence-electron chi connectivity index (χ2n) is 9.77. The Hall–Kier alpha value is -2.82. The Bertz CT molecular complexity index is 995. The van der Waals surface area contributed by atoms with Crippen LogP contribution >= 0.6 is 0 Å². The van der Waals surface area contributed by atoms with Gasteiger partial charge in [0.15, 0.2) is 6.61 Å². The van der Waals surface area contributed by atoms with Crippen molar-refractivity contribution in [3.05, 3.63) is 64.2 Å². The zero-order valence-electron chi connectivity index (χ0n) is 21.4. The average Bonchev–Trinajstić information content (AvgIpc) is 2.80. The van der Waals surface area contributed by atoms with Gasteiger partial charge in [-0.25, -0.2) is 0 Å². The number of carbonyl (C=O) groups is 2. The zero-order chi connectivity index (χ0) is 24.7. The van der Waals surface area contributed by atoms with Crippen molar-refractivity contribution in [3.8, 4) is 5.75 Å². The van der Waals surface area contributed by atoms with Gasteiger partial charge in [-0.05, 0) is 75.3 Å². The largest absolute Gasteiger partial charge is 0.483 e. The van der Waals surface area contributed by atoms with Crippen LogP contribution in [0, 0.1) is 27.7 Å². The highest BCUT2D eigenvalue weighted by molar-refractivity contribution is 5.88. The smallest absolute Gasteiger partial charge is 0.261 e. The molecular formula is C29H40N2O3. The molecule has 1 fully saturated rings. The third kappa shape index (κ3) is 6.85. The molecule has 0 aliphatic heterocycles. The SMILES string of the molecule is CCC(C(=O)NC1CCCCC1)N(Cc1cccc(C)c1)C(=O)COc1cc(C)cc(C)c1C. The monoisotopic (exact) mass is 464 g/mol. The van der Waals surface area contributed by atoms with E-state index >= 15 is 0 Å². The summed E-state index contributed by atoms with van der Waals surface area (Å²) < 4.78 is 6.00. The maximum Gasteiger partial charge on any atom is 0.261 e. The number of rotatable bonds is 9. The van der Waals surface area contributed by atoms with Gasteiger partial charge in [0, 0.05) is 12.6 Å². The van der Waals surface area contributed by atoms with Gasteiger partial charge in [0.05, 0.1) is 0 Å². The molecule has 0 spiro atoms. The topological polar surface area (TPSA) is 58.6 Å². The molecule has 0 radical (unpaired) electrons. The van der Waals surface area contributed by atoms with Gasteiger partial charge in [0.1, 0.15) is 11.8 Å². The van der Waals surface area contributed by atoms with Crippen molar-refractivity contribution in [2.45, 2.75) is 91.8 Å². The van der Waals surface area contributed by atoms with E-state index in [0.717, 1.165) is 59.3 Å². The van der Waals surface area contributed by atoms with Crippen molar-refractivity contribution in [2.24, 2.45) is 0 Å². The van der Waals surface area contributed by atoms with Crippen LogP contribution in [0.2, 0.25) is 0 Å². The summed E-state index contributed by atoms with van der Waals surface area (Å²) in [5.41, 5.74) is 5.41. The lowest BCUT2D eigenvalue weighted by Gasteiger charge is -2.33. The van der Waals surface area contributed by atoms with Crippen LogP contribution in [0.1, 0.15) is 73.3 Å². The number of aryl methyl sites for hydroxylation is 3. The number of hydrogen-bond acceptors (Lipinski definition) is 3.